The number of aromatic nitrogens is 8. The fraction of sp³-hybridized carbons (Fsp3) is 0.362. The van der Waals surface area contributed by atoms with Crippen molar-refractivity contribution < 1.29 is 36.6 Å². The quantitative estimate of drug-likeness (QED) is 0.0211. The topological polar surface area (TPSA) is 309 Å². The van der Waals surface area contributed by atoms with Crippen molar-refractivity contribution in [2.75, 3.05) is 97.1 Å². The number of hydrogen-bond acceptors (Lipinski definition) is 20. The number of nitrogens with zero attached hydrogens (tertiary/aromatic N) is 10. The first-order valence-electron chi connectivity index (χ1n) is 32.0. The molecule has 97 heavy (non-hydrogen) atoms. The van der Waals surface area contributed by atoms with Gasteiger partial charge < -0.3 is 61.0 Å². The molecule has 0 aliphatic rings. The largest absolute Gasteiger partial charge is 0.394 e. The second-order valence-corrected chi connectivity index (χ2v) is 29.7. The van der Waals surface area contributed by atoms with E-state index in [2.05, 4.69) is 61.8 Å². The number of nitrogens with one attached hydrogen (secondary N) is 6. The number of hydrogen-bond donors (Lipinski definition) is 8. The van der Waals surface area contributed by atoms with E-state index < -0.39 is 31.5 Å². The number of aliphatic hydroxyl groups excluding tert-OH is 2. The van der Waals surface area contributed by atoms with Crippen LogP contribution in [0.25, 0.3) is 43.9 Å². The Kier molecular flexibility index (Phi) is 23.5. The molecule has 0 fully saturated rings. The molecule has 0 radical (unpaired) electrons. The highest BCUT2D eigenvalue weighted by Gasteiger charge is 2.25. The molecule has 4 heterocycles. The first-order valence-corrected chi connectivity index (χ1v) is 36.1. The molecule has 2 amide bonds. The molecule has 0 spiro atoms. The average Bonchev–Trinajstić information content (AvgIpc) is 1.51. The van der Waals surface area contributed by atoms with E-state index in [1.165, 1.54) is 0 Å². The van der Waals surface area contributed by atoms with Gasteiger partial charge in [0.1, 0.15) is 0 Å². The smallest absolute Gasteiger partial charge is 0.252 e. The Balaban J connectivity index is 0.000000227. The molecule has 0 aliphatic carbocycles. The van der Waals surface area contributed by atoms with Crippen LogP contribution in [0, 0.1) is 5.92 Å². The Hall–Kier alpha value is -8.92. The van der Waals surface area contributed by atoms with Crippen molar-refractivity contribution in [2.24, 2.45) is 5.92 Å². The number of amides is 2. The Morgan fingerprint density at radius 2 is 0.959 bits per heavy atom. The van der Waals surface area contributed by atoms with Crippen LogP contribution in [0.3, 0.4) is 0 Å². The number of carbonyl (C=O) groups excluding carboxylic acids is 2. The Morgan fingerprint density at radius 1 is 0.546 bits per heavy atom. The van der Waals surface area contributed by atoms with Gasteiger partial charge in [-0.15, -0.1) is 0 Å². The van der Waals surface area contributed by atoms with Gasteiger partial charge in [-0.05, 0) is 114 Å². The summed E-state index contributed by atoms with van der Waals surface area (Å²) in [6.45, 7) is 14.2. The lowest BCUT2D eigenvalue weighted by molar-refractivity contribution is 0.0945. The van der Waals surface area contributed by atoms with Gasteiger partial charge in [0.2, 0.25) is 11.9 Å². The molecular weight excluding hydrogens is 1320 g/mol. The van der Waals surface area contributed by atoms with E-state index in [1.54, 1.807) is 73.3 Å². The number of sulfone groups is 2. The predicted molar refractivity (Wildman–Crippen MR) is 390 cm³/mol. The van der Waals surface area contributed by atoms with Crippen LogP contribution in [-0.4, -0.2) is 156 Å². The minimum atomic E-state index is -3.61. The van der Waals surface area contributed by atoms with Gasteiger partial charge in [0.25, 0.3) is 11.8 Å². The van der Waals surface area contributed by atoms with E-state index in [1.807, 2.05) is 144 Å². The van der Waals surface area contributed by atoms with Crippen LogP contribution >= 0.6 is 23.2 Å². The molecule has 8 N–H and O–H groups in total. The minimum absolute atomic E-state index is 0.0684. The summed E-state index contributed by atoms with van der Waals surface area (Å²) in [4.78, 5) is 58.2. The van der Waals surface area contributed by atoms with Gasteiger partial charge in [-0.25, -0.2) is 26.8 Å². The highest BCUT2D eigenvalue weighted by Crippen LogP contribution is 2.35. The van der Waals surface area contributed by atoms with Crippen molar-refractivity contribution in [1.29, 1.82) is 0 Å². The summed E-state index contributed by atoms with van der Waals surface area (Å²) >= 11 is 13.1. The average molecular weight is 1400 g/mol. The van der Waals surface area contributed by atoms with Crippen LogP contribution in [0.15, 0.2) is 132 Å². The number of anilines is 8. The Bertz CT molecular complexity index is 4720. The Labute approximate surface area is 575 Å². The first kappa shape index (κ1) is 72.4. The fourth-order valence-corrected chi connectivity index (χ4v) is 14.6. The lowest BCUT2D eigenvalue weighted by Gasteiger charge is -2.20. The molecule has 0 saturated heterocycles. The van der Waals surface area contributed by atoms with E-state index >= 15 is 0 Å². The number of rotatable bonds is 28. The van der Waals surface area contributed by atoms with Crippen molar-refractivity contribution >= 4 is 145 Å². The van der Waals surface area contributed by atoms with Gasteiger partial charge in [-0.1, -0.05) is 92.5 Å². The molecule has 6 aromatic carbocycles. The summed E-state index contributed by atoms with van der Waals surface area (Å²) in [5.41, 5.74) is 5.89. The van der Waals surface area contributed by atoms with Crippen molar-refractivity contribution in [3.8, 4) is 0 Å². The third kappa shape index (κ3) is 16.9. The Morgan fingerprint density at radius 3 is 1.33 bits per heavy atom. The number of benzene rings is 6. The van der Waals surface area contributed by atoms with Gasteiger partial charge in [-0.3, -0.25) is 9.59 Å². The molecule has 28 heteroatoms. The van der Waals surface area contributed by atoms with Gasteiger partial charge >= 0.3 is 0 Å². The molecule has 24 nitrogen and oxygen atoms in total. The SMILES string of the molecule is CC(C)[C@H](CO)Nc1nc(Nc2ccc(C(=O)NCCCS(=O)(=O)c3cccc4c(N(C)C)cccc34)c(Cl)c2)c2ncn(C(C)C)c2n1.CC[C@H](CO)Nc1nc(Nc2ccc(C(=O)NCCCS(=O)(=O)c3cccc4c(N(C)C)cccc34)c(Cl)c2)c2ncn(C(C)C)c2n1. The third-order valence-electron chi connectivity index (χ3n) is 16.4. The summed E-state index contributed by atoms with van der Waals surface area (Å²) in [6, 6.07) is 31.4. The summed E-state index contributed by atoms with van der Waals surface area (Å²) in [7, 11) is 0.468. The standard InChI is InChI=1S/C35H43ClN8O4S.C34H41ClN8O4S/c1-21(2)28(19-45)40-35-41-32(31-33(42-35)44(20-38-31)22(3)4)39-23-14-15-26(27(36)18-23)34(46)37-16-9-17-49(47,48)30-13-8-10-24-25(30)11-7-12-29(24)43(5)6;1-6-22(19-44)39-34-40-31(30-32(41-34)43(20-37-30)21(2)3)38-23-14-15-26(27(35)18-23)33(45)36-16-9-17-48(46,47)29-13-8-10-24-25(29)11-7-12-28(24)42(4)5/h7-8,10-15,18,20-22,28,45H,9,16-17,19H2,1-6H3,(H,37,46)(H2,39,40,41,42);7-8,10-15,18,20-22,44H,6,9,16-17,19H2,1-5H3,(H,36,45)(H2,38,39,40,41)/t28-;22-/m01/s1. The molecule has 0 saturated carbocycles. The van der Waals surface area contributed by atoms with E-state index in [4.69, 9.17) is 23.2 Å². The van der Waals surface area contributed by atoms with Crippen molar-refractivity contribution in [3.05, 3.63) is 143 Å². The zero-order valence-electron chi connectivity index (χ0n) is 56.2. The normalized spacial score (nSPS) is 12.5. The van der Waals surface area contributed by atoms with Crippen LogP contribution in [0.5, 0.6) is 0 Å². The second-order valence-electron chi connectivity index (χ2n) is 24.8. The van der Waals surface area contributed by atoms with Gasteiger partial charge in [0, 0.05) is 97.7 Å². The van der Waals surface area contributed by atoms with Crippen LogP contribution in [0.4, 0.5) is 46.3 Å². The monoisotopic (exact) mass is 1400 g/mol. The summed E-state index contributed by atoms with van der Waals surface area (Å²) < 4.78 is 57.2. The van der Waals surface area contributed by atoms with Gasteiger partial charge in [0.05, 0.1) is 80.4 Å². The van der Waals surface area contributed by atoms with E-state index in [0.29, 0.717) is 74.4 Å². The summed E-state index contributed by atoms with van der Waals surface area (Å²) in [5, 5.41) is 41.5. The second kappa shape index (κ2) is 31.5. The summed E-state index contributed by atoms with van der Waals surface area (Å²) in [6.07, 6.45) is 4.55. The molecule has 4 aromatic heterocycles. The zero-order valence-corrected chi connectivity index (χ0v) is 59.3. The minimum Gasteiger partial charge on any atom is -0.394 e. The summed E-state index contributed by atoms with van der Waals surface area (Å²) in [5.74, 6) is 0.629. The molecular formula is C69H84Cl2N16O8S2. The van der Waals surface area contributed by atoms with Gasteiger partial charge in [0.15, 0.2) is 53.6 Å². The number of halogens is 2. The maximum atomic E-state index is 13.3. The predicted octanol–water partition coefficient (Wildman–Crippen LogP) is 11.8. The van der Waals surface area contributed by atoms with Crippen LogP contribution in [0.2, 0.25) is 10.0 Å². The van der Waals surface area contributed by atoms with Gasteiger partial charge in [-0.2, -0.15) is 19.9 Å². The molecule has 0 bridgehead atoms. The van der Waals surface area contributed by atoms with E-state index in [9.17, 15) is 36.6 Å². The van der Waals surface area contributed by atoms with E-state index in [-0.39, 0.29) is 112 Å². The lowest BCUT2D eigenvalue weighted by Crippen LogP contribution is -2.30. The molecule has 10 aromatic rings. The van der Waals surface area contributed by atoms with E-state index in [0.717, 1.165) is 22.1 Å². The first-order chi connectivity index (χ1) is 46.2. The fourth-order valence-electron chi connectivity index (χ4n) is 11.0. The maximum absolute atomic E-state index is 13.3. The molecule has 514 valence electrons. The number of aliphatic hydroxyl groups is 2. The lowest BCUT2D eigenvalue weighted by atomic mass is 10.1. The molecule has 0 unspecified atom stereocenters. The van der Waals surface area contributed by atoms with Crippen LogP contribution in [0.1, 0.15) is 101 Å². The third-order valence-corrected chi connectivity index (χ3v) is 20.7. The zero-order chi connectivity index (χ0) is 70.0. The molecule has 0 aliphatic heterocycles. The van der Waals surface area contributed by atoms with Crippen molar-refractivity contribution in [2.45, 2.75) is 102 Å². The van der Waals surface area contributed by atoms with Crippen LogP contribution in [-0.2, 0) is 19.7 Å². The highest BCUT2D eigenvalue weighted by atomic mass is 35.5. The van der Waals surface area contributed by atoms with Crippen molar-refractivity contribution in [3.63, 3.8) is 0 Å². The number of carbonyl (C=O) groups is 2. The highest BCUT2D eigenvalue weighted by molar-refractivity contribution is 7.92. The number of fused-ring (bicyclic) bond motifs is 4. The maximum Gasteiger partial charge on any atom is 0.252 e. The van der Waals surface area contributed by atoms with Crippen molar-refractivity contribution in [1.82, 2.24) is 49.7 Å². The van der Waals surface area contributed by atoms with Crippen LogP contribution < -0.4 is 41.7 Å². The number of imidazole rings is 2. The molecule has 10 rings (SSSR count). The molecule has 2 atom stereocenters.